The van der Waals surface area contributed by atoms with Crippen molar-refractivity contribution < 1.29 is 13.2 Å². The van der Waals surface area contributed by atoms with Crippen molar-refractivity contribution in [2.45, 2.75) is 32.4 Å². The molecule has 1 amide bonds. The van der Waals surface area contributed by atoms with E-state index in [1.165, 1.54) is 0 Å². The first-order valence-electron chi connectivity index (χ1n) is 8.55. The van der Waals surface area contributed by atoms with Gasteiger partial charge in [-0.15, -0.1) is 0 Å². The van der Waals surface area contributed by atoms with Crippen LogP contribution >= 0.6 is 0 Å². The fourth-order valence-electron chi connectivity index (χ4n) is 3.22. The van der Waals surface area contributed by atoms with E-state index in [1.54, 1.807) is 15.8 Å². The van der Waals surface area contributed by atoms with Crippen LogP contribution in [0.2, 0.25) is 0 Å². The molecule has 7 heteroatoms. The topological polar surface area (TPSA) is 72.3 Å². The molecular weight excluding hydrogens is 338 g/mol. The van der Waals surface area contributed by atoms with E-state index in [4.69, 9.17) is 0 Å². The number of amides is 1. The van der Waals surface area contributed by atoms with Crippen LogP contribution in [0.3, 0.4) is 0 Å². The maximum absolute atomic E-state index is 12.7. The number of carbonyl (C=O) groups is 1. The van der Waals surface area contributed by atoms with Crippen molar-refractivity contribution in [3.05, 3.63) is 42.9 Å². The van der Waals surface area contributed by atoms with Crippen molar-refractivity contribution in [2.24, 2.45) is 0 Å². The zero-order valence-corrected chi connectivity index (χ0v) is 15.2. The summed E-state index contributed by atoms with van der Waals surface area (Å²) in [4.78, 5) is 18.8. The molecular formula is C18H23N3O3S. The van der Waals surface area contributed by atoms with Crippen molar-refractivity contribution in [3.63, 3.8) is 0 Å². The van der Waals surface area contributed by atoms with Gasteiger partial charge in [0.05, 0.1) is 23.5 Å². The molecule has 0 radical (unpaired) electrons. The lowest BCUT2D eigenvalue weighted by molar-refractivity contribution is -0.133. The number of hydrogen-bond acceptors (Lipinski definition) is 4. The summed E-state index contributed by atoms with van der Waals surface area (Å²) >= 11 is 0. The summed E-state index contributed by atoms with van der Waals surface area (Å²) in [7, 11) is -3.01. The van der Waals surface area contributed by atoms with E-state index < -0.39 is 9.84 Å². The molecule has 6 nitrogen and oxygen atoms in total. The summed E-state index contributed by atoms with van der Waals surface area (Å²) in [5.74, 6) is 0.202. The monoisotopic (exact) mass is 361 g/mol. The lowest BCUT2D eigenvalue weighted by Crippen LogP contribution is -2.43. The van der Waals surface area contributed by atoms with Crippen LogP contribution in [0.5, 0.6) is 0 Å². The molecule has 0 saturated carbocycles. The lowest BCUT2D eigenvalue weighted by atomic mass is 10.2. The Bertz CT molecular complexity index is 830. The van der Waals surface area contributed by atoms with Gasteiger partial charge in [0.2, 0.25) is 5.91 Å². The van der Waals surface area contributed by atoms with Crippen LogP contribution < -0.4 is 0 Å². The molecule has 1 aliphatic rings. The Morgan fingerprint density at radius 1 is 1.32 bits per heavy atom. The molecule has 3 rings (SSSR count). The quantitative estimate of drug-likeness (QED) is 0.789. The van der Waals surface area contributed by atoms with Crippen LogP contribution in [0.4, 0.5) is 0 Å². The predicted octanol–water partition coefficient (Wildman–Crippen LogP) is 1.98. The predicted molar refractivity (Wildman–Crippen MR) is 96.7 cm³/mol. The smallest absolute Gasteiger partial charge is 0.242 e. The van der Waals surface area contributed by atoms with E-state index in [2.05, 4.69) is 4.98 Å². The summed E-state index contributed by atoms with van der Waals surface area (Å²) in [5.41, 5.74) is 1.82. The molecule has 2 aromatic rings. The second-order valence-electron chi connectivity index (χ2n) is 6.44. The number of rotatable bonds is 6. The fraction of sp³-hybridized carbons (Fsp3) is 0.444. The molecule has 1 saturated heterocycles. The molecule has 1 unspecified atom stereocenters. The highest BCUT2D eigenvalue weighted by molar-refractivity contribution is 7.91. The first kappa shape index (κ1) is 17.7. The maximum atomic E-state index is 12.7. The highest BCUT2D eigenvalue weighted by Gasteiger charge is 2.34. The molecule has 0 N–H and O–H groups in total. The van der Waals surface area contributed by atoms with Crippen LogP contribution in [0, 0.1) is 0 Å². The van der Waals surface area contributed by atoms with Crippen LogP contribution in [0.25, 0.3) is 11.3 Å². The van der Waals surface area contributed by atoms with Crippen molar-refractivity contribution in [1.82, 2.24) is 14.5 Å². The van der Waals surface area contributed by atoms with Gasteiger partial charge < -0.3 is 9.47 Å². The summed E-state index contributed by atoms with van der Waals surface area (Å²) < 4.78 is 25.2. The third-order valence-electron chi connectivity index (χ3n) is 4.45. The molecule has 1 aromatic heterocycles. The second-order valence-corrected chi connectivity index (χ2v) is 8.67. The Morgan fingerprint density at radius 3 is 2.72 bits per heavy atom. The summed E-state index contributed by atoms with van der Waals surface area (Å²) in [5, 5.41) is 0. The molecule has 1 aromatic carbocycles. The van der Waals surface area contributed by atoms with Crippen molar-refractivity contribution in [1.29, 1.82) is 0 Å². The number of sulfone groups is 1. The zero-order valence-electron chi connectivity index (χ0n) is 14.3. The van der Waals surface area contributed by atoms with Gasteiger partial charge in [-0.3, -0.25) is 4.79 Å². The molecule has 0 bridgehead atoms. The van der Waals surface area contributed by atoms with Gasteiger partial charge in [0, 0.05) is 24.3 Å². The maximum Gasteiger partial charge on any atom is 0.242 e. The van der Waals surface area contributed by atoms with Crippen LogP contribution in [0.15, 0.2) is 42.9 Å². The Balaban J connectivity index is 1.70. The number of hydrogen-bond donors (Lipinski definition) is 0. The number of aromatic nitrogens is 2. The van der Waals surface area contributed by atoms with Gasteiger partial charge in [0.1, 0.15) is 6.54 Å². The van der Waals surface area contributed by atoms with Crippen LogP contribution in [-0.2, 0) is 21.2 Å². The van der Waals surface area contributed by atoms with Gasteiger partial charge in [-0.1, -0.05) is 37.3 Å². The highest BCUT2D eigenvalue weighted by atomic mass is 32.2. The second kappa shape index (κ2) is 7.39. The standard InChI is InChI=1S/C18H23N3O3S/c1-2-9-21(16-8-10-25(23,24)13-16)18(22)12-20-11-17(19-14-20)15-6-4-3-5-7-15/h3-7,11,14,16H,2,8-10,12-13H2,1H3. The summed E-state index contributed by atoms with van der Waals surface area (Å²) in [6.45, 7) is 2.75. The normalized spacial score (nSPS) is 19.0. The molecule has 0 spiro atoms. The minimum absolute atomic E-state index is 0.0547. The van der Waals surface area contributed by atoms with Gasteiger partial charge in [-0.25, -0.2) is 13.4 Å². The minimum Gasteiger partial charge on any atom is -0.337 e. The summed E-state index contributed by atoms with van der Waals surface area (Å²) in [6, 6.07) is 9.59. The molecule has 0 aliphatic carbocycles. The van der Waals surface area contributed by atoms with E-state index in [9.17, 15) is 13.2 Å². The van der Waals surface area contributed by atoms with Gasteiger partial charge in [0.15, 0.2) is 9.84 Å². The molecule has 1 atom stereocenters. The number of benzene rings is 1. The third-order valence-corrected chi connectivity index (χ3v) is 6.21. The largest absolute Gasteiger partial charge is 0.337 e. The average Bonchev–Trinajstić information content (AvgIpc) is 3.19. The van der Waals surface area contributed by atoms with Crippen LogP contribution in [-0.4, -0.2) is 52.9 Å². The lowest BCUT2D eigenvalue weighted by Gasteiger charge is -2.28. The molecule has 1 fully saturated rings. The fourth-order valence-corrected chi connectivity index (χ4v) is 4.96. The number of carbonyl (C=O) groups excluding carboxylic acids is 1. The zero-order chi connectivity index (χ0) is 17.9. The van der Waals surface area contributed by atoms with Gasteiger partial charge in [-0.2, -0.15) is 0 Å². The van der Waals surface area contributed by atoms with Crippen molar-refractivity contribution >= 4 is 15.7 Å². The molecule has 25 heavy (non-hydrogen) atoms. The molecule has 1 aliphatic heterocycles. The first-order valence-corrected chi connectivity index (χ1v) is 10.4. The van der Waals surface area contributed by atoms with E-state index in [0.717, 1.165) is 17.7 Å². The summed E-state index contributed by atoms with van der Waals surface area (Å²) in [6.07, 6.45) is 4.84. The van der Waals surface area contributed by atoms with E-state index in [1.807, 2.05) is 43.5 Å². The minimum atomic E-state index is -3.01. The van der Waals surface area contributed by atoms with Gasteiger partial charge >= 0.3 is 0 Å². The molecule has 134 valence electrons. The third kappa shape index (κ3) is 4.28. The average molecular weight is 361 g/mol. The van der Waals surface area contributed by atoms with Gasteiger partial charge in [-0.05, 0) is 12.8 Å². The van der Waals surface area contributed by atoms with E-state index in [0.29, 0.717) is 13.0 Å². The number of nitrogens with zero attached hydrogens (tertiary/aromatic N) is 3. The Labute approximate surface area is 148 Å². The SMILES string of the molecule is CCCN(C(=O)Cn1cnc(-c2ccccc2)c1)C1CCS(=O)(=O)C1. The number of imidazole rings is 1. The van der Waals surface area contributed by atoms with Crippen LogP contribution in [0.1, 0.15) is 19.8 Å². The first-order chi connectivity index (χ1) is 12.0. The Morgan fingerprint density at radius 2 is 2.08 bits per heavy atom. The highest BCUT2D eigenvalue weighted by Crippen LogP contribution is 2.20. The van der Waals surface area contributed by atoms with E-state index >= 15 is 0 Å². The van der Waals surface area contributed by atoms with Crippen molar-refractivity contribution in [2.75, 3.05) is 18.1 Å². The van der Waals surface area contributed by atoms with E-state index in [-0.39, 0.29) is 30.0 Å². The molecule has 2 heterocycles. The van der Waals surface area contributed by atoms with Crippen molar-refractivity contribution in [3.8, 4) is 11.3 Å². The van der Waals surface area contributed by atoms with Gasteiger partial charge in [0.25, 0.3) is 0 Å². The Hall–Kier alpha value is -2.15. The Kier molecular flexibility index (Phi) is 5.22.